The van der Waals surface area contributed by atoms with Crippen molar-refractivity contribution in [3.8, 4) is 0 Å². The molecule has 1 saturated carbocycles. The van der Waals surface area contributed by atoms with E-state index in [1.807, 2.05) is 23.5 Å². The van der Waals surface area contributed by atoms with E-state index >= 15 is 0 Å². The standard InChI is InChI=1S/C23H29NO2S/c1-14-18-19(23(4,5)13-12-22(18,2)3)27-20(14)24(17-10-11-17)16-8-6-15(7-9-16)21(25)26/h6-9,17H,10-13H2,1-5H3,(H,25,26)/p-1. The second-order valence-electron chi connectivity index (χ2n) is 9.44. The minimum atomic E-state index is -1.12. The van der Waals surface area contributed by atoms with Crippen LogP contribution in [0.1, 0.15) is 79.7 Å². The Morgan fingerprint density at radius 2 is 1.67 bits per heavy atom. The fraction of sp³-hybridized carbons (Fsp3) is 0.522. The Hall–Kier alpha value is -1.81. The molecule has 0 N–H and O–H groups in total. The van der Waals surface area contributed by atoms with Crippen molar-refractivity contribution in [2.24, 2.45) is 0 Å². The van der Waals surface area contributed by atoms with Gasteiger partial charge in [-0.1, -0.05) is 39.8 Å². The molecule has 2 aromatic rings. The predicted molar refractivity (Wildman–Crippen MR) is 110 cm³/mol. The van der Waals surface area contributed by atoms with Crippen molar-refractivity contribution in [1.29, 1.82) is 0 Å². The van der Waals surface area contributed by atoms with Crippen molar-refractivity contribution in [3.63, 3.8) is 0 Å². The molecule has 1 aromatic carbocycles. The van der Waals surface area contributed by atoms with Gasteiger partial charge in [0.05, 0.1) is 11.0 Å². The maximum absolute atomic E-state index is 11.1. The molecule has 1 heterocycles. The molecule has 144 valence electrons. The van der Waals surface area contributed by atoms with Crippen LogP contribution in [-0.4, -0.2) is 12.0 Å². The number of aromatic carboxylic acids is 1. The number of carboxylic acid groups (broad SMARTS) is 1. The molecular weight excluding hydrogens is 354 g/mol. The fourth-order valence-corrected chi connectivity index (χ4v) is 6.18. The van der Waals surface area contributed by atoms with Gasteiger partial charge in [0.2, 0.25) is 0 Å². The Labute approximate surface area is 166 Å². The van der Waals surface area contributed by atoms with Crippen molar-refractivity contribution in [3.05, 3.63) is 45.8 Å². The zero-order valence-electron chi connectivity index (χ0n) is 16.9. The van der Waals surface area contributed by atoms with E-state index in [9.17, 15) is 9.90 Å². The maximum atomic E-state index is 11.1. The van der Waals surface area contributed by atoms with E-state index in [0.717, 1.165) is 5.69 Å². The zero-order valence-corrected chi connectivity index (χ0v) is 17.7. The van der Waals surface area contributed by atoms with Gasteiger partial charge in [-0.2, -0.15) is 0 Å². The second-order valence-corrected chi connectivity index (χ2v) is 10.4. The summed E-state index contributed by atoms with van der Waals surface area (Å²) >= 11 is 1.95. The first kappa shape index (κ1) is 18.5. The highest BCUT2D eigenvalue weighted by molar-refractivity contribution is 7.16. The first-order chi connectivity index (χ1) is 12.6. The summed E-state index contributed by atoms with van der Waals surface area (Å²) in [4.78, 5) is 15.1. The summed E-state index contributed by atoms with van der Waals surface area (Å²) in [7, 11) is 0. The molecule has 2 aliphatic rings. The molecule has 2 aliphatic carbocycles. The third kappa shape index (κ3) is 3.08. The van der Waals surface area contributed by atoms with Crippen molar-refractivity contribution < 1.29 is 9.90 Å². The van der Waals surface area contributed by atoms with Gasteiger partial charge in [0.25, 0.3) is 0 Å². The van der Waals surface area contributed by atoms with Crippen molar-refractivity contribution >= 4 is 28.0 Å². The van der Waals surface area contributed by atoms with Crippen LogP contribution in [0.4, 0.5) is 10.7 Å². The van der Waals surface area contributed by atoms with E-state index in [0.29, 0.717) is 6.04 Å². The highest BCUT2D eigenvalue weighted by atomic mass is 32.1. The summed E-state index contributed by atoms with van der Waals surface area (Å²) in [6, 6.07) is 7.70. The Balaban J connectivity index is 1.83. The quantitative estimate of drug-likeness (QED) is 0.741. The van der Waals surface area contributed by atoms with Crippen LogP contribution in [0.3, 0.4) is 0 Å². The minimum absolute atomic E-state index is 0.206. The molecule has 0 atom stereocenters. The topological polar surface area (TPSA) is 43.4 Å². The average Bonchev–Trinajstić information content (AvgIpc) is 3.36. The minimum Gasteiger partial charge on any atom is -0.545 e. The molecule has 3 nitrogen and oxygen atoms in total. The third-order valence-electron chi connectivity index (χ3n) is 6.30. The van der Waals surface area contributed by atoms with E-state index < -0.39 is 5.97 Å². The Kier molecular flexibility index (Phi) is 4.19. The van der Waals surface area contributed by atoms with Crippen LogP contribution in [0.15, 0.2) is 24.3 Å². The van der Waals surface area contributed by atoms with Gasteiger partial charge in [-0.3, -0.25) is 0 Å². The van der Waals surface area contributed by atoms with Gasteiger partial charge >= 0.3 is 0 Å². The summed E-state index contributed by atoms with van der Waals surface area (Å²) in [5.74, 6) is -1.12. The summed E-state index contributed by atoms with van der Waals surface area (Å²) in [6.07, 6.45) is 4.82. The number of carbonyl (C=O) groups excluding carboxylic acids is 1. The van der Waals surface area contributed by atoms with Crippen LogP contribution in [0.25, 0.3) is 0 Å². The molecule has 4 rings (SSSR count). The van der Waals surface area contributed by atoms with E-state index in [1.165, 1.54) is 46.7 Å². The van der Waals surface area contributed by atoms with Crippen LogP contribution >= 0.6 is 11.3 Å². The Morgan fingerprint density at radius 3 is 2.19 bits per heavy atom. The first-order valence-electron chi connectivity index (χ1n) is 9.87. The summed E-state index contributed by atoms with van der Waals surface area (Å²) < 4.78 is 0. The second kappa shape index (κ2) is 6.10. The van der Waals surface area contributed by atoms with Crippen LogP contribution < -0.4 is 10.0 Å². The van der Waals surface area contributed by atoms with Gasteiger partial charge in [0.1, 0.15) is 0 Å². The van der Waals surface area contributed by atoms with Crippen LogP contribution in [0.2, 0.25) is 0 Å². The fourth-order valence-electron chi connectivity index (χ4n) is 4.47. The van der Waals surface area contributed by atoms with Crippen LogP contribution in [0.5, 0.6) is 0 Å². The summed E-state index contributed by atoms with van der Waals surface area (Å²) in [5, 5.41) is 12.4. The van der Waals surface area contributed by atoms with E-state index in [4.69, 9.17) is 0 Å². The SMILES string of the molecule is Cc1c(N(c2ccc(C(=O)[O-])cc2)C2CC2)sc2c1C(C)(C)CCC2(C)C. The molecule has 4 heteroatoms. The predicted octanol–water partition coefficient (Wildman–Crippen LogP) is 5.07. The molecule has 0 spiro atoms. The monoisotopic (exact) mass is 382 g/mol. The first-order valence-corrected chi connectivity index (χ1v) is 10.7. The van der Waals surface area contributed by atoms with Gasteiger partial charge in [-0.25, -0.2) is 0 Å². The van der Waals surface area contributed by atoms with Crippen molar-refractivity contribution in [2.45, 2.75) is 77.2 Å². The molecule has 0 amide bonds. The lowest BCUT2D eigenvalue weighted by atomic mass is 9.66. The lowest BCUT2D eigenvalue weighted by molar-refractivity contribution is -0.255. The maximum Gasteiger partial charge on any atom is 0.0991 e. The lowest BCUT2D eigenvalue weighted by Crippen LogP contribution is -2.32. The third-order valence-corrected chi connectivity index (χ3v) is 7.96. The number of benzene rings is 1. The molecule has 0 saturated heterocycles. The molecule has 27 heavy (non-hydrogen) atoms. The van der Waals surface area contributed by atoms with E-state index in [1.54, 1.807) is 12.1 Å². The van der Waals surface area contributed by atoms with Gasteiger partial charge < -0.3 is 14.8 Å². The number of fused-ring (bicyclic) bond motifs is 1. The van der Waals surface area contributed by atoms with Crippen molar-refractivity contribution in [2.75, 3.05) is 4.90 Å². The number of anilines is 2. The largest absolute Gasteiger partial charge is 0.545 e. The molecule has 0 aliphatic heterocycles. The van der Waals surface area contributed by atoms with Gasteiger partial charge in [0, 0.05) is 16.6 Å². The van der Waals surface area contributed by atoms with Crippen LogP contribution in [0, 0.1) is 6.92 Å². The van der Waals surface area contributed by atoms with Gasteiger partial charge in [-0.05, 0) is 72.3 Å². The summed E-state index contributed by atoms with van der Waals surface area (Å²) in [5.41, 5.74) is 4.68. The average molecular weight is 383 g/mol. The normalized spacial score (nSPS) is 20.2. The molecule has 1 aromatic heterocycles. The number of rotatable bonds is 4. The van der Waals surface area contributed by atoms with Gasteiger partial charge in [-0.15, -0.1) is 11.3 Å². The Bertz CT molecular complexity index is 888. The molecule has 1 fully saturated rings. The van der Waals surface area contributed by atoms with E-state index in [2.05, 4.69) is 39.5 Å². The number of thiophene rings is 1. The molecular formula is C23H28NO2S-. The van der Waals surface area contributed by atoms with Crippen LogP contribution in [-0.2, 0) is 10.8 Å². The molecule has 0 unspecified atom stereocenters. The zero-order chi connectivity index (χ0) is 19.6. The summed E-state index contributed by atoms with van der Waals surface area (Å²) in [6.45, 7) is 11.8. The smallest absolute Gasteiger partial charge is 0.0991 e. The van der Waals surface area contributed by atoms with Crippen molar-refractivity contribution in [1.82, 2.24) is 0 Å². The number of carbonyl (C=O) groups is 1. The molecule has 0 bridgehead atoms. The number of nitrogens with zero attached hydrogens (tertiary/aromatic N) is 1. The molecule has 0 radical (unpaired) electrons. The number of hydrogen-bond donors (Lipinski definition) is 0. The lowest BCUT2D eigenvalue weighted by Gasteiger charge is -2.39. The number of carboxylic acids is 1. The van der Waals surface area contributed by atoms with Gasteiger partial charge in [0.15, 0.2) is 0 Å². The van der Waals surface area contributed by atoms with E-state index in [-0.39, 0.29) is 16.4 Å². The highest BCUT2D eigenvalue weighted by Crippen LogP contribution is 2.55. The highest BCUT2D eigenvalue weighted by Gasteiger charge is 2.43. The number of hydrogen-bond acceptors (Lipinski definition) is 4. The Morgan fingerprint density at radius 1 is 1.07 bits per heavy atom.